The standard InChI is InChI=1S/C21H27F2NO7/c1-11(2)19(27)30-20(12(3)4)31-21(28)24-9-13(7-16(24)18(25)26)10-29-17-8-14(22)5-6-15(17)23/h5-6,8,11-13,16,20H,7,9-10H2,1-4H3,(H,25,26)/t13-,16-,20+/m0/s1. The minimum absolute atomic E-state index is 0.0321. The summed E-state index contributed by atoms with van der Waals surface area (Å²) >= 11 is 0. The second-order valence-electron chi connectivity index (χ2n) is 8.08. The highest BCUT2D eigenvalue weighted by atomic mass is 19.1. The summed E-state index contributed by atoms with van der Waals surface area (Å²) in [6.45, 7) is 6.49. The molecule has 1 aromatic carbocycles. The van der Waals surface area contributed by atoms with Gasteiger partial charge in [-0.15, -0.1) is 0 Å². The van der Waals surface area contributed by atoms with E-state index in [1.165, 1.54) is 0 Å². The van der Waals surface area contributed by atoms with Crippen molar-refractivity contribution in [2.45, 2.75) is 46.4 Å². The maximum Gasteiger partial charge on any atom is 0.413 e. The van der Waals surface area contributed by atoms with Gasteiger partial charge in [0, 0.05) is 24.4 Å². The van der Waals surface area contributed by atoms with Gasteiger partial charge in [0.1, 0.15) is 11.9 Å². The van der Waals surface area contributed by atoms with Gasteiger partial charge < -0.3 is 19.3 Å². The highest BCUT2D eigenvalue weighted by Crippen LogP contribution is 2.27. The van der Waals surface area contributed by atoms with E-state index in [-0.39, 0.29) is 31.2 Å². The number of aliphatic carboxylic acids is 1. The number of ether oxygens (including phenoxy) is 3. The van der Waals surface area contributed by atoms with E-state index in [1.54, 1.807) is 27.7 Å². The molecule has 0 saturated carbocycles. The van der Waals surface area contributed by atoms with E-state index in [9.17, 15) is 28.3 Å². The zero-order valence-corrected chi connectivity index (χ0v) is 17.8. The summed E-state index contributed by atoms with van der Waals surface area (Å²) in [5, 5.41) is 9.49. The van der Waals surface area contributed by atoms with Gasteiger partial charge in [-0.25, -0.2) is 18.4 Å². The minimum atomic E-state index is -1.24. The first-order valence-corrected chi connectivity index (χ1v) is 9.98. The van der Waals surface area contributed by atoms with Gasteiger partial charge in [-0.05, 0) is 18.6 Å². The molecule has 1 fully saturated rings. The summed E-state index contributed by atoms with van der Waals surface area (Å²) in [7, 11) is 0. The molecule has 0 aliphatic carbocycles. The molecule has 0 unspecified atom stereocenters. The molecule has 172 valence electrons. The van der Waals surface area contributed by atoms with Crippen LogP contribution in [0.3, 0.4) is 0 Å². The molecule has 3 atom stereocenters. The fourth-order valence-corrected chi connectivity index (χ4v) is 2.99. The van der Waals surface area contributed by atoms with Crippen LogP contribution >= 0.6 is 0 Å². The number of carboxylic acids is 1. The van der Waals surface area contributed by atoms with Gasteiger partial charge >= 0.3 is 18.0 Å². The summed E-state index contributed by atoms with van der Waals surface area (Å²) in [5.41, 5.74) is 0. The van der Waals surface area contributed by atoms with Crippen LogP contribution in [0, 0.1) is 29.4 Å². The van der Waals surface area contributed by atoms with Crippen molar-refractivity contribution in [3.8, 4) is 5.75 Å². The third kappa shape index (κ3) is 6.53. The van der Waals surface area contributed by atoms with Crippen LogP contribution in [-0.2, 0) is 19.1 Å². The van der Waals surface area contributed by atoms with Crippen LogP contribution in [0.15, 0.2) is 18.2 Å². The van der Waals surface area contributed by atoms with Crippen LogP contribution in [0.25, 0.3) is 0 Å². The third-order valence-corrected chi connectivity index (χ3v) is 4.74. The van der Waals surface area contributed by atoms with Gasteiger partial charge in [0.25, 0.3) is 6.29 Å². The van der Waals surface area contributed by atoms with E-state index in [4.69, 9.17) is 14.2 Å². The Morgan fingerprint density at radius 3 is 2.42 bits per heavy atom. The number of carbonyl (C=O) groups excluding carboxylic acids is 2. The SMILES string of the molecule is CC(C)C(=O)O[C@H](OC(=O)N1C[C@@H](COc2cc(F)ccc2F)C[C@H]1C(=O)O)C(C)C. The van der Waals surface area contributed by atoms with Crippen LogP contribution in [-0.4, -0.2) is 53.5 Å². The van der Waals surface area contributed by atoms with Crippen LogP contribution in [0.2, 0.25) is 0 Å². The Kier molecular flexibility index (Phi) is 8.18. The molecule has 10 heteroatoms. The Balaban J connectivity index is 2.04. The molecule has 31 heavy (non-hydrogen) atoms. The van der Waals surface area contributed by atoms with Crippen LogP contribution in [0.4, 0.5) is 13.6 Å². The van der Waals surface area contributed by atoms with E-state index < -0.39 is 53.8 Å². The first kappa shape index (κ1) is 24.4. The quantitative estimate of drug-likeness (QED) is 0.485. The Hall–Kier alpha value is -2.91. The number of carbonyl (C=O) groups is 3. The van der Waals surface area contributed by atoms with Crippen molar-refractivity contribution in [2.24, 2.45) is 17.8 Å². The Bertz CT molecular complexity index is 815. The zero-order chi connectivity index (χ0) is 23.3. The van der Waals surface area contributed by atoms with Crippen LogP contribution in [0.1, 0.15) is 34.1 Å². The van der Waals surface area contributed by atoms with E-state index in [0.29, 0.717) is 0 Å². The monoisotopic (exact) mass is 443 g/mol. The number of esters is 1. The van der Waals surface area contributed by atoms with Crippen molar-refractivity contribution in [1.82, 2.24) is 4.90 Å². The second kappa shape index (κ2) is 10.4. The molecule has 0 spiro atoms. The Labute approximate surface area is 179 Å². The molecule has 1 aliphatic heterocycles. The van der Waals surface area contributed by atoms with Crippen molar-refractivity contribution in [3.63, 3.8) is 0 Å². The predicted molar refractivity (Wildman–Crippen MR) is 104 cm³/mol. The first-order valence-electron chi connectivity index (χ1n) is 9.98. The number of carboxylic acid groups (broad SMARTS) is 1. The fourth-order valence-electron chi connectivity index (χ4n) is 2.99. The van der Waals surface area contributed by atoms with E-state index in [2.05, 4.69) is 0 Å². The van der Waals surface area contributed by atoms with Crippen LogP contribution in [0.5, 0.6) is 5.75 Å². The van der Waals surface area contributed by atoms with Gasteiger partial charge in [0.05, 0.1) is 12.5 Å². The smallest absolute Gasteiger partial charge is 0.413 e. The number of nitrogens with zero attached hydrogens (tertiary/aromatic N) is 1. The van der Waals surface area contributed by atoms with E-state index >= 15 is 0 Å². The van der Waals surface area contributed by atoms with E-state index in [1.807, 2.05) is 0 Å². The summed E-state index contributed by atoms with van der Waals surface area (Å²) in [6, 6.07) is 1.58. The molecule has 1 saturated heterocycles. The number of amides is 1. The molecule has 8 nitrogen and oxygen atoms in total. The van der Waals surface area contributed by atoms with Crippen molar-refractivity contribution in [3.05, 3.63) is 29.8 Å². The number of benzene rings is 1. The molecule has 1 heterocycles. The molecule has 0 radical (unpaired) electrons. The molecule has 1 aromatic rings. The summed E-state index contributed by atoms with van der Waals surface area (Å²) in [5.74, 6) is -4.75. The zero-order valence-electron chi connectivity index (χ0n) is 17.8. The molecule has 2 rings (SSSR count). The largest absolute Gasteiger partial charge is 0.490 e. The number of hydrogen-bond donors (Lipinski definition) is 1. The van der Waals surface area contributed by atoms with Crippen molar-refractivity contribution >= 4 is 18.0 Å². The minimum Gasteiger partial charge on any atom is -0.490 e. The Morgan fingerprint density at radius 2 is 1.84 bits per heavy atom. The molecular weight excluding hydrogens is 416 g/mol. The number of likely N-dealkylation sites (tertiary alicyclic amines) is 1. The molecule has 0 bridgehead atoms. The lowest BCUT2D eigenvalue weighted by Crippen LogP contribution is -2.43. The molecule has 1 N–H and O–H groups in total. The summed E-state index contributed by atoms with van der Waals surface area (Å²) in [4.78, 5) is 37.2. The van der Waals surface area contributed by atoms with Crippen molar-refractivity contribution < 1.29 is 42.5 Å². The average molecular weight is 443 g/mol. The average Bonchev–Trinajstić information content (AvgIpc) is 3.12. The van der Waals surface area contributed by atoms with Gasteiger partial charge in [-0.2, -0.15) is 0 Å². The van der Waals surface area contributed by atoms with Gasteiger partial charge in [-0.3, -0.25) is 9.69 Å². The van der Waals surface area contributed by atoms with Gasteiger partial charge in [0.2, 0.25) is 0 Å². The van der Waals surface area contributed by atoms with E-state index in [0.717, 1.165) is 23.1 Å². The Morgan fingerprint density at radius 1 is 1.16 bits per heavy atom. The lowest BCUT2D eigenvalue weighted by molar-refractivity contribution is -0.181. The number of hydrogen-bond acceptors (Lipinski definition) is 6. The lowest BCUT2D eigenvalue weighted by Gasteiger charge is -2.27. The topological polar surface area (TPSA) is 102 Å². The van der Waals surface area contributed by atoms with Gasteiger partial charge in [-0.1, -0.05) is 27.7 Å². The van der Waals surface area contributed by atoms with Crippen molar-refractivity contribution in [1.29, 1.82) is 0 Å². The van der Waals surface area contributed by atoms with Crippen molar-refractivity contribution in [2.75, 3.05) is 13.2 Å². The fraction of sp³-hybridized carbons (Fsp3) is 0.571. The normalized spacial score (nSPS) is 19.4. The summed E-state index contributed by atoms with van der Waals surface area (Å²) < 4.78 is 42.8. The third-order valence-electron chi connectivity index (χ3n) is 4.74. The molecule has 0 aromatic heterocycles. The first-order chi connectivity index (χ1) is 14.5. The molecule has 1 aliphatic rings. The highest BCUT2D eigenvalue weighted by molar-refractivity contribution is 5.81. The second-order valence-corrected chi connectivity index (χ2v) is 8.08. The lowest BCUT2D eigenvalue weighted by atomic mass is 10.1. The molecule has 1 amide bonds. The maximum atomic E-state index is 13.7. The highest BCUT2D eigenvalue weighted by Gasteiger charge is 2.42. The van der Waals surface area contributed by atoms with Gasteiger partial charge in [0.15, 0.2) is 11.6 Å². The summed E-state index contributed by atoms with van der Waals surface area (Å²) in [6.07, 6.45) is -2.07. The predicted octanol–water partition coefficient (Wildman–Crippen LogP) is 3.44. The number of rotatable bonds is 8. The molecular formula is C21H27F2NO7. The maximum absolute atomic E-state index is 13.7. The number of halogens is 2. The van der Waals surface area contributed by atoms with Crippen LogP contribution < -0.4 is 4.74 Å².